The molecule has 0 saturated heterocycles. The summed E-state index contributed by atoms with van der Waals surface area (Å²) < 4.78 is 6.62. The Morgan fingerprint density at radius 1 is 1.25 bits per heavy atom. The number of nitrogens with zero attached hydrogens (tertiary/aromatic N) is 2. The van der Waals surface area contributed by atoms with Gasteiger partial charge >= 0.3 is 6.16 Å². The number of hydrogen-bond donors (Lipinski definition) is 1. The fourth-order valence-corrected chi connectivity index (χ4v) is 4.73. The Kier molecular flexibility index (Phi) is 6.50. The number of thiazole rings is 1. The second kappa shape index (κ2) is 9.32. The van der Waals surface area contributed by atoms with Crippen LogP contribution >= 0.6 is 34.5 Å². The van der Waals surface area contributed by atoms with Gasteiger partial charge in [-0.3, -0.25) is 4.79 Å². The molecule has 9 heteroatoms. The van der Waals surface area contributed by atoms with Gasteiger partial charge in [0.05, 0.1) is 33.0 Å². The average Bonchev–Trinajstić information content (AvgIpc) is 3.17. The first-order chi connectivity index (χ1) is 15.3. The summed E-state index contributed by atoms with van der Waals surface area (Å²) in [5.41, 5.74) is 4.64. The van der Waals surface area contributed by atoms with Crippen LogP contribution in [0.1, 0.15) is 21.7 Å². The highest BCUT2D eigenvalue weighted by molar-refractivity contribution is 7.09. The van der Waals surface area contributed by atoms with Crippen LogP contribution in [0.4, 0.5) is 4.79 Å². The number of carboxylic acid groups (broad SMARTS) is 1. The van der Waals surface area contributed by atoms with E-state index in [1.54, 1.807) is 29.0 Å². The number of carbonyl (C=O) groups is 1. The van der Waals surface area contributed by atoms with Gasteiger partial charge in [-0.15, -0.1) is 11.3 Å². The van der Waals surface area contributed by atoms with E-state index < -0.39 is 11.6 Å². The van der Waals surface area contributed by atoms with Crippen LogP contribution in [0, 0.1) is 6.92 Å². The molecule has 164 valence electrons. The number of aryl methyl sites for hydroxylation is 3. The van der Waals surface area contributed by atoms with Crippen molar-refractivity contribution in [1.82, 2.24) is 9.55 Å². The third-order valence-electron chi connectivity index (χ3n) is 5.16. The van der Waals surface area contributed by atoms with Crippen molar-refractivity contribution in [2.75, 3.05) is 0 Å². The van der Waals surface area contributed by atoms with Gasteiger partial charge in [-0.05, 0) is 42.7 Å². The topological polar surface area (TPSA) is 81.4 Å². The summed E-state index contributed by atoms with van der Waals surface area (Å²) in [6.07, 6.45) is 1.08. The number of benzene rings is 2. The van der Waals surface area contributed by atoms with Crippen molar-refractivity contribution in [1.29, 1.82) is 0 Å². The summed E-state index contributed by atoms with van der Waals surface area (Å²) in [4.78, 5) is 29.5. The zero-order chi connectivity index (χ0) is 22.8. The maximum atomic E-state index is 13.0. The maximum absolute atomic E-state index is 13.0. The number of rotatable bonds is 6. The molecule has 0 saturated carbocycles. The third-order valence-corrected chi connectivity index (χ3v) is 7.01. The second-order valence-electron chi connectivity index (χ2n) is 7.24. The van der Waals surface area contributed by atoms with Crippen molar-refractivity contribution < 1.29 is 14.6 Å². The standard InChI is InChI=1S/C23H18Cl2N2O4S/c1-13-20(32-12-26-13)7-8-27-11-19(31-23(29)30)22(28)16-10-14(5-6-18(16)27)9-15-3-2-4-17(24)21(15)25/h2-6,10-12H,7-9H2,1H3,(H,29,30). The Labute approximate surface area is 197 Å². The summed E-state index contributed by atoms with van der Waals surface area (Å²) in [7, 11) is 0. The molecular formula is C23H18Cl2N2O4S. The molecule has 0 aliphatic heterocycles. The van der Waals surface area contributed by atoms with Gasteiger partial charge in [-0.2, -0.15) is 0 Å². The molecule has 0 aliphatic rings. The van der Waals surface area contributed by atoms with Crippen molar-refractivity contribution >= 4 is 51.6 Å². The smallest absolute Gasteiger partial charge is 0.449 e. The van der Waals surface area contributed by atoms with Crippen LogP contribution in [0.25, 0.3) is 10.9 Å². The largest absolute Gasteiger partial charge is 0.511 e. The summed E-state index contributed by atoms with van der Waals surface area (Å²) >= 11 is 14.0. The number of aromatic nitrogens is 2. The van der Waals surface area contributed by atoms with Gasteiger partial charge < -0.3 is 14.4 Å². The minimum Gasteiger partial charge on any atom is -0.449 e. The van der Waals surface area contributed by atoms with E-state index in [1.807, 2.05) is 35.8 Å². The fourth-order valence-electron chi connectivity index (χ4n) is 3.57. The lowest BCUT2D eigenvalue weighted by atomic mass is 10.0. The van der Waals surface area contributed by atoms with E-state index in [0.29, 0.717) is 40.3 Å². The van der Waals surface area contributed by atoms with Crippen LogP contribution in [-0.2, 0) is 19.4 Å². The molecule has 2 heterocycles. The SMILES string of the molecule is Cc1ncsc1CCn1cc(OC(=O)O)c(=O)c2cc(Cc3cccc(Cl)c3Cl)ccc21. The van der Waals surface area contributed by atoms with Crippen molar-refractivity contribution in [3.63, 3.8) is 0 Å². The zero-order valence-electron chi connectivity index (χ0n) is 17.0. The van der Waals surface area contributed by atoms with Crippen LogP contribution in [0.5, 0.6) is 5.75 Å². The Hall–Kier alpha value is -2.87. The molecule has 0 spiro atoms. The van der Waals surface area contributed by atoms with Crippen molar-refractivity contribution in [3.05, 3.63) is 90.1 Å². The van der Waals surface area contributed by atoms with Crippen LogP contribution in [0.2, 0.25) is 10.0 Å². The van der Waals surface area contributed by atoms with Gasteiger partial charge in [0, 0.05) is 23.2 Å². The first-order valence-electron chi connectivity index (χ1n) is 9.72. The van der Waals surface area contributed by atoms with Crippen LogP contribution in [0.3, 0.4) is 0 Å². The number of halogens is 2. The van der Waals surface area contributed by atoms with Crippen molar-refractivity contribution in [2.45, 2.75) is 26.3 Å². The van der Waals surface area contributed by atoms with Gasteiger partial charge in [0.25, 0.3) is 0 Å². The predicted octanol–water partition coefficient (Wildman–Crippen LogP) is 5.96. The van der Waals surface area contributed by atoms with E-state index in [1.165, 1.54) is 6.20 Å². The first kappa shape index (κ1) is 22.3. The summed E-state index contributed by atoms with van der Waals surface area (Å²) in [6, 6.07) is 10.9. The Morgan fingerprint density at radius 3 is 2.78 bits per heavy atom. The molecule has 1 N–H and O–H groups in total. The number of hydrogen-bond acceptors (Lipinski definition) is 5. The molecule has 32 heavy (non-hydrogen) atoms. The lowest BCUT2D eigenvalue weighted by molar-refractivity contribution is 0.144. The van der Waals surface area contributed by atoms with Crippen molar-refractivity contribution in [2.24, 2.45) is 0 Å². The fraction of sp³-hybridized carbons (Fsp3) is 0.174. The molecule has 4 aromatic rings. The van der Waals surface area contributed by atoms with Crippen LogP contribution in [-0.4, -0.2) is 20.8 Å². The molecular weight excluding hydrogens is 471 g/mol. The first-order valence-corrected chi connectivity index (χ1v) is 11.4. The monoisotopic (exact) mass is 488 g/mol. The Balaban J connectivity index is 1.76. The van der Waals surface area contributed by atoms with E-state index in [4.69, 9.17) is 33.0 Å². The quantitative estimate of drug-likeness (QED) is 0.338. The highest BCUT2D eigenvalue weighted by Crippen LogP contribution is 2.28. The number of fused-ring (bicyclic) bond motifs is 1. The third kappa shape index (κ3) is 4.65. The van der Waals surface area contributed by atoms with Gasteiger partial charge in [0.1, 0.15) is 0 Å². The molecule has 0 bridgehead atoms. The minimum atomic E-state index is -1.53. The normalized spacial score (nSPS) is 11.1. The van der Waals surface area contributed by atoms with E-state index >= 15 is 0 Å². The molecule has 4 rings (SSSR count). The van der Waals surface area contributed by atoms with E-state index in [9.17, 15) is 9.59 Å². The summed E-state index contributed by atoms with van der Waals surface area (Å²) in [5.74, 6) is -0.232. The van der Waals surface area contributed by atoms with Crippen LogP contribution in [0.15, 0.2) is 52.9 Å². The minimum absolute atomic E-state index is 0.232. The molecule has 6 nitrogen and oxygen atoms in total. The van der Waals surface area contributed by atoms with Crippen LogP contribution < -0.4 is 10.2 Å². The lowest BCUT2D eigenvalue weighted by Gasteiger charge is -2.14. The van der Waals surface area contributed by atoms with E-state index in [2.05, 4.69) is 4.98 Å². The van der Waals surface area contributed by atoms with E-state index in [0.717, 1.165) is 21.7 Å². The highest BCUT2D eigenvalue weighted by atomic mass is 35.5. The van der Waals surface area contributed by atoms with E-state index in [-0.39, 0.29) is 5.75 Å². The highest BCUT2D eigenvalue weighted by Gasteiger charge is 2.15. The molecule has 2 aromatic heterocycles. The second-order valence-corrected chi connectivity index (χ2v) is 8.96. The van der Waals surface area contributed by atoms with Gasteiger partial charge in [0.15, 0.2) is 5.75 Å². The summed E-state index contributed by atoms with van der Waals surface area (Å²) in [6.45, 7) is 2.48. The molecule has 0 amide bonds. The number of ether oxygens (including phenoxy) is 1. The molecule has 0 atom stereocenters. The molecule has 0 radical (unpaired) electrons. The molecule has 0 fully saturated rings. The lowest BCUT2D eigenvalue weighted by Crippen LogP contribution is -2.17. The van der Waals surface area contributed by atoms with Gasteiger partial charge in [0.2, 0.25) is 5.43 Å². The molecule has 0 aliphatic carbocycles. The van der Waals surface area contributed by atoms with Gasteiger partial charge in [-0.1, -0.05) is 41.4 Å². The molecule has 0 unspecified atom stereocenters. The Morgan fingerprint density at radius 2 is 2.06 bits per heavy atom. The maximum Gasteiger partial charge on any atom is 0.511 e. The molecule has 2 aromatic carbocycles. The number of pyridine rings is 1. The predicted molar refractivity (Wildman–Crippen MR) is 127 cm³/mol. The van der Waals surface area contributed by atoms with Crippen molar-refractivity contribution in [3.8, 4) is 5.75 Å². The zero-order valence-corrected chi connectivity index (χ0v) is 19.3. The average molecular weight is 489 g/mol. The summed E-state index contributed by atoms with van der Waals surface area (Å²) in [5, 5.41) is 10.4. The Bertz CT molecular complexity index is 1380. The van der Waals surface area contributed by atoms with Gasteiger partial charge in [-0.25, -0.2) is 9.78 Å².